The molecule has 0 fully saturated rings. The molecule has 0 nitrogen and oxygen atoms in total. The Balaban J connectivity index is 3.08. The standard InChI is InChI=1S/C13H25.Li/c1-4-6-7-8-9-10-11-12-13(3)5-2;/h7-8,13H,1,4-6,9-12H2,2-3H3;. The van der Waals surface area contributed by atoms with E-state index >= 15 is 0 Å². The van der Waals surface area contributed by atoms with Crippen molar-refractivity contribution >= 4 is 17.7 Å². The fourth-order valence-electron chi connectivity index (χ4n) is 1.52. The summed E-state index contributed by atoms with van der Waals surface area (Å²) in [6, 6.07) is 0. The Morgan fingerprint density at radius 3 is 2.29 bits per heavy atom. The van der Waals surface area contributed by atoms with Crippen LogP contribution in [0.25, 0.3) is 0 Å². The van der Waals surface area contributed by atoms with Crippen molar-refractivity contribution < 1.29 is 0 Å². The molecule has 0 aromatic rings. The van der Waals surface area contributed by atoms with Crippen LogP contribution in [-0.4, -0.2) is 17.7 Å². The van der Waals surface area contributed by atoms with Gasteiger partial charge in [-0.3, -0.25) is 0 Å². The van der Waals surface area contributed by atoms with Gasteiger partial charge in [0.15, 0.2) is 0 Å². The van der Waals surface area contributed by atoms with E-state index in [0.29, 0.717) is 0 Å². The van der Waals surface area contributed by atoms with Crippen molar-refractivity contribution in [3.05, 3.63) is 12.2 Å². The molecule has 1 heteroatoms. The molecule has 1 atom stereocenters. The average Bonchev–Trinajstić information content (AvgIpc) is 2.21. The molecule has 0 N–H and O–H groups in total. The van der Waals surface area contributed by atoms with Gasteiger partial charge in [-0.05, 0) is 0 Å². The molecule has 0 saturated heterocycles. The fraction of sp³-hybridized carbons (Fsp3) is 0.846. The SMILES string of the molecule is [Li][CH2]CCC=CCCCCC(C)CC. The molecule has 1 unspecified atom stereocenters. The third kappa shape index (κ3) is 10.4. The quantitative estimate of drug-likeness (QED) is 0.283. The van der Waals surface area contributed by atoms with Crippen molar-refractivity contribution in [3.63, 3.8) is 0 Å². The van der Waals surface area contributed by atoms with Crippen LogP contribution in [0.5, 0.6) is 0 Å². The van der Waals surface area contributed by atoms with Gasteiger partial charge in [-0.1, -0.05) is 0 Å². The number of hydrogen-bond donors (Lipinski definition) is 0. The van der Waals surface area contributed by atoms with E-state index in [9.17, 15) is 0 Å². The van der Waals surface area contributed by atoms with E-state index in [1.54, 1.807) is 0 Å². The van der Waals surface area contributed by atoms with Crippen LogP contribution in [0.1, 0.15) is 58.8 Å². The van der Waals surface area contributed by atoms with E-state index in [0.717, 1.165) is 5.92 Å². The minimum absolute atomic E-state index is 0.930. The molecular weight excluding hydrogens is 163 g/mol. The van der Waals surface area contributed by atoms with E-state index in [1.165, 1.54) is 50.0 Å². The average molecular weight is 188 g/mol. The van der Waals surface area contributed by atoms with Crippen molar-refractivity contribution in [3.8, 4) is 0 Å². The van der Waals surface area contributed by atoms with Crippen molar-refractivity contribution in [2.24, 2.45) is 5.92 Å². The summed E-state index contributed by atoms with van der Waals surface area (Å²) >= 11 is 2.25. The third-order valence-corrected chi connectivity index (χ3v) is 2.91. The summed E-state index contributed by atoms with van der Waals surface area (Å²) in [6.45, 7) is 4.65. The second-order valence-corrected chi connectivity index (χ2v) is 4.41. The number of unbranched alkanes of at least 4 members (excludes halogenated alkanes) is 3. The molecule has 0 rings (SSSR count). The molecular formula is C13H25Li. The Labute approximate surface area is 99.8 Å². The molecule has 0 saturated carbocycles. The Morgan fingerprint density at radius 1 is 1.07 bits per heavy atom. The van der Waals surface area contributed by atoms with E-state index < -0.39 is 0 Å². The normalized spacial score (nSPS) is 13.7. The summed E-state index contributed by atoms with van der Waals surface area (Å²) in [6.07, 6.45) is 14.2. The van der Waals surface area contributed by atoms with Gasteiger partial charge in [0.2, 0.25) is 0 Å². The molecule has 0 aromatic carbocycles. The molecule has 0 aromatic heterocycles. The molecule has 0 amide bonds. The molecule has 0 aliphatic rings. The summed E-state index contributed by atoms with van der Waals surface area (Å²) in [5, 5.41) is 1.32. The van der Waals surface area contributed by atoms with E-state index in [2.05, 4.69) is 43.7 Å². The van der Waals surface area contributed by atoms with Gasteiger partial charge >= 0.3 is 99.7 Å². The second-order valence-electron chi connectivity index (χ2n) is 4.41. The summed E-state index contributed by atoms with van der Waals surface area (Å²) in [7, 11) is 0. The van der Waals surface area contributed by atoms with Gasteiger partial charge in [0.25, 0.3) is 0 Å². The maximum absolute atomic E-state index is 2.37. The van der Waals surface area contributed by atoms with Crippen LogP contribution in [0.2, 0.25) is 5.09 Å². The van der Waals surface area contributed by atoms with Crippen LogP contribution in [0.3, 0.4) is 0 Å². The summed E-state index contributed by atoms with van der Waals surface area (Å²) in [5.74, 6) is 0.930. The zero-order chi connectivity index (χ0) is 10.6. The van der Waals surface area contributed by atoms with Crippen molar-refractivity contribution in [1.82, 2.24) is 0 Å². The van der Waals surface area contributed by atoms with Gasteiger partial charge in [-0.15, -0.1) is 0 Å². The van der Waals surface area contributed by atoms with Crippen molar-refractivity contribution in [1.29, 1.82) is 0 Å². The Morgan fingerprint density at radius 2 is 1.71 bits per heavy atom. The molecule has 14 heavy (non-hydrogen) atoms. The Kier molecular flexibility index (Phi) is 11.7. The Bertz CT molecular complexity index is 129. The fourth-order valence-corrected chi connectivity index (χ4v) is 1.52. The predicted octanol–water partition coefficient (Wildman–Crippen LogP) is 4.52. The van der Waals surface area contributed by atoms with Crippen molar-refractivity contribution in [2.45, 2.75) is 63.9 Å². The number of hydrogen-bond acceptors (Lipinski definition) is 0. The van der Waals surface area contributed by atoms with Gasteiger partial charge in [0.05, 0.1) is 0 Å². The van der Waals surface area contributed by atoms with Gasteiger partial charge in [-0.2, -0.15) is 0 Å². The molecule has 0 aliphatic heterocycles. The van der Waals surface area contributed by atoms with Crippen LogP contribution in [0, 0.1) is 5.92 Å². The predicted molar refractivity (Wildman–Crippen MR) is 66.9 cm³/mol. The summed E-state index contributed by atoms with van der Waals surface area (Å²) < 4.78 is 0. The first kappa shape index (κ1) is 14.3. The number of allylic oxidation sites excluding steroid dienone is 2. The van der Waals surface area contributed by atoms with Crippen molar-refractivity contribution in [2.75, 3.05) is 0 Å². The Hall–Kier alpha value is 0.337. The molecule has 0 bridgehead atoms. The van der Waals surface area contributed by atoms with Gasteiger partial charge < -0.3 is 0 Å². The third-order valence-electron chi connectivity index (χ3n) is 2.91. The van der Waals surface area contributed by atoms with Crippen LogP contribution >= 0.6 is 0 Å². The summed E-state index contributed by atoms with van der Waals surface area (Å²) in [4.78, 5) is 0. The number of rotatable bonds is 9. The zero-order valence-corrected chi connectivity index (χ0v) is 10.4. The first-order valence-corrected chi connectivity index (χ1v) is 6.46. The molecule has 0 aliphatic carbocycles. The minimum atomic E-state index is 0.930. The maximum atomic E-state index is 2.37. The van der Waals surface area contributed by atoms with Crippen LogP contribution in [0.15, 0.2) is 12.2 Å². The molecule has 0 spiro atoms. The van der Waals surface area contributed by atoms with E-state index in [-0.39, 0.29) is 0 Å². The first-order valence-electron chi connectivity index (χ1n) is 6.46. The van der Waals surface area contributed by atoms with E-state index in [1.807, 2.05) is 0 Å². The van der Waals surface area contributed by atoms with Gasteiger partial charge in [0.1, 0.15) is 0 Å². The van der Waals surface area contributed by atoms with Gasteiger partial charge in [0, 0.05) is 0 Å². The van der Waals surface area contributed by atoms with E-state index in [4.69, 9.17) is 0 Å². The van der Waals surface area contributed by atoms with Gasteiger partial charge in [-0.25, -0.2) is 0 Å². The molecule has 0 heterocycles. The van der Waals surface area contributed by atoms with Crippen LogP contribution < -0.4 is 0 Å². The molecule has 0 radical (unpaired) electrons. The van der Waals surface area contributed by atoms with Crippen LogP contribution in [-0.2, 0) is 0 Å². The topological polar surface area (TPSA) is 0 Å². The molecule has 78 valence electrons. The van der Waals surface area contributed by atoms with Crippen LogP contribution in [0.4, 0.5) is 0 Å². The zero-order valence-electron chi connectivity index (χ0n) is 10.4. The first-order chi connectivity index (χ1) is 6.81. The second kappa shape index (κ2) is 11.4. The summed E-state index contributed by atoms with van der Waals surface area (Å²) in [5.41, 5.74) is 0. The monoisotopic (exact) mass is 188 g/mol.